The summed E-state index contributed by atoms with van der Waals surface area (Å²) in [5, 5.41) is 0. The van der Waals surface area contributed by atoms with Crippen LogP contribution in [0, 0.1) is 70.2 Å². The molecule has 0 atom stereocenters. The number of rotatable bonds is 0. The molecule has 0 amide bonds. The summed E-state index contributed by atoms with van der Waals surface area (Å²) in [5.41, 5.74) is 0. The molecule has 0 spiro atoms. The van der Waals surface area contributed by atoms with Crippen LogP contribution >= 0.6 is 12.4 Å². The van der Waals surface area contributed by atoms with E-state index in [-0.39, 0.29) is 0 Å². The van der Waals surface area contributed by atoms with Gasteiger partial charge in [-0.1, -0.05) is 0 Å². The van der Waals surface area contributed by atoms with Crippen molar-refractivity contribution in [3.63, 3.8) is 0 Å². The molecule has 0 heterocycles. The van der Waals surface area contributed by atoms with E-state index in [9.17, 15) is 0 Å². The van der Waals surface area contributed by atoms with Crippen LogP contribution in [0.1, 0.15) is 0 Å². The van der Waals surface area contributed by atoms with E-state index in [0.29, 0.717) is 0 Å². The Bertz CT molecular complexity index is 4.00. The number of hydrogen-bond donors (Lipinski definition) is 0. The van der Waals surface area contributed by atoms with Gasteiger partial charge in [0.2, 0.25) is 0 Å². The minimum atomic E-state index is 1.47. The Labute approximate surface area is 80.2 Å². The van der Waals surface area contributed by atoms with Crippen LogP contribution in [0.2, 0.25) is 0 Å². The molecule has 32 valence electrons. The molecule has 0 unspecified atom stereocenters. The van der Waals surface area contributed by atoms with E-state index in [1.807, 2.05) is 0 Å². The molecule has 0 aliphatic heterocycles. The van der Waals surface area contributed by atoms with Crippen molar-refractivity contribution in [2.75, 3.05) is 0 Å². The van der Waals surface area contributed by atoms with Crippen LogP contribution in [0.15, 0.2) is 0 Å². The van der Waals surface area contributed by atoms with Crippen LogP contribution in [0.25, 0.3) is 0 Å². The second kappa shape index (κ2) is 16.4. The number of hydrogen-bond acceptors (Lipinski definition) is 0. The van der Waals surface area contributed by atoms with Crippen LogP contribution in [0.3, 0.4) is 0 Å². The molecule has 0 aliphatic carbocycles. The molecule has 0 radical (unpaired) electrons. The first-order valence-electron chi connectivity index (χ1n) is 0.252. The van der Waals surface area contributed by atoms with Crippen molar-refractivity contribution in [3.05, 3.63) is 0 Å². The molecule has 4 heteroatoms. The van der Waals surface area contributed by atoms with Crippen molar-refractivity contribution < 1.29 is 70.2 Å². The van der Waals surface area contributed by atoms with Crippen LogP contribution in [-0.4, -0.2) is 0 Å². The third kappa shape index (κ3) is 8.94. The molecule has 0 aromatic rings. The van der Waals surface area contributed by atoms with E-state index in [0.717, 1.165) is 0 Å². The summed E-state index contributed by atoms with van der Waals surface area (Å²) in [6.45, 7) is 0. The quantitative estimate of drug-likeness (QED) is 0.588. The van der Waals surface area contributed by atoms with Crippen LogP contribution in [-0.2, 0) is 0 Å². The van der Waals surface area contributed by atoms with Crippen molar-refractivity contribution >= 4 is 12.4 Å². The van der Waals surface area contributed by atoms with E-state index in [1.54, 1.807) is 0 Å². The first-order chi connectivity index (χ1) is 2.00. The van der Waals surface area contributed by atoms with Crippen molar-refractivity contribution in [2.45, 2.75) is 0 Å². The average Bonchev–Trinajstić information content (AvgIpc) is 1.50. The van der Waals surface area contributed by atoms with Gasteiger partial charge >= 0.3 is 82.7 Å². The van der Waals surface area contributed by atoms with E-state index >= 15 is 0 Å². The van der Waals surface area contributed by atoms with Gasteiger partial charge in [-0.05, 0) is 0 Å². The Morgan fingerprint density at radius 3 is 0.750 bits per heavy atom. The molecule has 0 saturated carbocycles. The molecule has 4 heavy (non-hydrogen) atoms. The fraction of sp³-hybridized carbons (Fsp3) is 0. The summed E-state index contributed by atoms with van der Waals surface area (Å²) in [7, 11) is 0. The van der Waals surface area contributed by atoms with Crippen molar-refractivity contribution in [1.29, 1.82) is 0 Å². The minimum absolute atomic E-state index is 1.47. The first-order valence-corrected chi connectivity index (χ1v) is 5.61. The van der Waals surface area contributed by atoms with Gasteiger partial charge in [-0.15, -0.1) is 0 Å². The summed E-state index contributed by atoms with van der Waals surface area (Å²) >= 11 is 2.94. The predicted molar refractivity (Wildman–Crippen MR) is 11.7 cm³/mol. The Hall–Kier alpha value is 3.15. The predicted octanol–water partition coefficient (Wildman–Crippen LogP) is 1.38. The summed E-state index contributed by atoms with van der Waals surface area (Å²) in [4.78, 5) is 0. The van der Waals surface area contributed by atoms with E-state index in [4.69, 9.17) is 0 Å². The third-order valence-electron chi connectivity index (χ3n) is 0. The fourth-order valence-electron chi connectivity index (χ4n) is 0. The monoisotopic (exact) mass is 388 g/mol. The molecule has 0 rings (SSSR count). The summed E-state index contributed by atoms with van der Waals surface area (Å²) in [5.74, 6) is 0. The molecule has 0 aliphatic rings. The van der Waals surface area contributed by atoms with Gasteiger partial charge in [0.15, 0.2) is 0 Å². The van der Waals surface area contributed by atoms with Gasteiger partial charge in [-0.3, -0.25) is 0 Å². The summed E-state index contributed by atoms with van der Waals surface area (Å²) in [6, 6.07) is 0. The van der Waals surface area contributed by atoms with E-state index < -0.39 is 0 Å². The van der Waals surface area contributed by atoms with E-state index in [2.05, 4.69) is 12.4 Å². The fourth-order valence-corrected chi connectivity index (χ4v) is 0. The van der Waals surface area contributed by atoms with Gasteiger partial charge in [0, 0.05) is 0 Å². The summed E-state index contributed by atoms with van der Waals surface area (Å²) < 4.78 is 0. The molecule has 0 fully saturated rings. The zero-order valence-electron chi connectivity index (χ0n) is 1.42. The maximum absolute atomic E-state index is 4.64. The third-order valence-corrected chi connectivity index (χ3v) is 0. The van der Waals surface area contributed by atoms with E-state index in [1.165, 1.54) is 70.2 Å². The Morgan fingerprint density at radius 1 is 0.750 bits per heavy atom. The molecule has 0 N–H and O–H groups in total. The van der Waals surface area contributed by atoms with Gasteiger partial charge in [-0.25, -0.2) is 0 Å². The summed E-state index contributed by atoms with van der Waals surface area (Å²) in [6.07, 6.45) is 9.28. The molecular formula is Cl2Tb2. The van der Waals surface area contributed by atoms with Crippen LogP contribution < -0.4 is 0 Å². The van der Waals surface area contributed by atoms with Crippen molar-refractivity contribution in [3.8, 4) is 0 Å². The molecular weight excluding hydrogens is 389 g/mol. The number of halogens is 2. The zero-order valence-corrected chi connectivity index (χ0v) is 7.21. The standard InChI is InChI=1S/2ClH.2Tb/h2*1H;;/q;;2*+1/p-2. The SMILES string of the molecule is [Cl][Tb].[Cl][Tb]. The topological polar surface area (TPSA) is 0 Å². The van der Waals surface area contributed by atoms with Gasteiger partial charge in [0.1, 0.15) is 0 Å². The Kier molecular flexibility index (Phi) is 41.9. The van der Waals surface area contributed by atoms with Gasteiger partial charge in [0.25, 0.3) is 0 Å². The molecule has 0 bridgehead atoms. The van der Waals surface area contributed by atoms with Crippen LogP contribution in [0.4, 0.5) is 0 Å². The van der Waals surface area contributed by atoms with Gasteiger partial charge < -0.3 is 0 Å². The Morgan fingerprint density at radius 2 is 0.750 bits per heavy atom. The van der Waals surface area contributed by atoms with Crippen LogP contribution in [0.5, 0.6) is 0 Å². The second-order valence-electron chi connectivity index (χ2n) is 0. The van der Waals surface area contributed by atoms with Gasteiger partial charge in [-0.2, -0.15) is 0 Å². The Balaban J connectivity index is 0. The van der Waals surface area contributed by atoms with Crippen molar-refractivity contribution in [2.24, 2.45) is 0 Å². The normalized spacial score (nSPS) is 3.50. The molecule has 0 nitrogen and oxygen atoms in total. The maximum atomic E-state index is 4.64. The average molecular weight is 389 g/mol. The second-order valence-corrected chi connectivity index (χ2v) is 0. The molecule has 0 aromatic carbocycles. The molecule has 0 saturated heterocycles. The first kappa shape index (κ1) is 10.2. The zero-order chi connectivity index (χ0) is 4.00. The molecule has 0 aromatic heterocycles. The van der Waals surface area contributed by atoms with Crippen molar-refractivity contribution in [1.82, 2.24) is 0 Å². The van der Waals surface area contributed by atoms with Gasteiger partial charge in [0.05, 0.1) is 0 Å².